The Morgan fingerprint density at radius 3 is 1.35 bits per heavy atom. The van der Waals surface area contributed by atoms with Crippen molar-refractivity contribution >= 4 is 33.6 Å². The fourth-order valence-corrected chi connectivity index (χ4v) is 4.43. The average molecular weight is 741 g/mol. The molecule has 0 bridgehead atoms. The van der Waals surface area contributed by atoms with Crippen LogP contribution in [0.1, 0.15) is 137 Å². The van der Waals surface area contributed by atoms with E-state index >= 15 is 0 Å². The second-order valence-corrected chi connectivity index (χ2v) is 11.8. The van der Waals surface area contributed by atoms with Crippen molar-refractivity contribution in [2.24, 2.45) is 0 Å². The predicted molar refractivity (Wildman–Crippen MR) is 168 cm³/mol. The number of carbonyl (C=O) groups is 4. The number of rotatable bonds is 22. The number of unbranched alkanes of at least 4 members (excludes halogenated alkanes) is 9. The zero-order valence-corrected chi connectivity index (χ0v) is 32.3. The molecule has 0 aliphatic carbocycles. The van der Waals surface area contributed by atoms with Crippen molar-refractivity contribution in [2.45, 2.75) is 142 Å². The van der Waals surface area contributed by atoms with Gasteiger partial charge in [0.25, 0.3) is 10.1 Å². The van der Waals surface area contributed by atoms with Gasteiger partial charge >= 0.3 is 43.4 Å². The van der Waals surface area contributed by atoms with E-state index in [1.165, 1.54) is 51.4 Å². The van der Waals surface area contributed by atoms with Gasteiger partial charge in [0.15, 0.2) is 0 Å². The van der Waals surface area contributed by atoms with Crippen molar-refractivity contribution in [3.05, 3.63) is 30.3 Å². The Balaban J connectivity index is -0.000000194. The van der Waals surface area contributed by atoms with Gasteiger partial charge in [-0.15, -0.1) is 0 Å². The average Bonchev–Trinajstić information content (AvgIpc) is 2.96. The second kappa shape index (κ2) is 40.0. The van der Waals surface area contributed by atoms with Crippen LogP contribution in [0.3, 0.4) is 0 Å². The molecule has 0 saturated heterocycles. The van der Waals surface area contributed by atoms with Gasteiger partial charge in [-0.3, -0.25) is 13.8 Å². The topological polar surface area (TPSA) is 178 Å². The molecule has 1 radical (unpaired) electrons. The van der Waals surface area contributed by atoms with Crippen LogP contribution in [0.2, 0.25) is 0 Å². The number of hydrogen-bond acceptors (Lipinski definition) is 10. The normalized spacial score (nSPS) is 9.76. The van der Waals surface area contributed by atoms with Gasteiger partial charge in [-0.05, 0) is 37.8 Å². The molecule has 0 saturated carbocycles. The van der Waals surface area contributed by atoms with Crippen LogP contribution >= 0.6 is 0 Å². The van der Waals surface area contributed by atoms with E-state index in [-0.39, 0.29) is 66.5 Å². The van der Waals surface area contributed by atoms with Crippen LogP contribution in [0.15, 0.2) is 35.2 Å². The molecule has 0 spiro atoms. The molecule has 0 heterocycles. The molecule has 1 aromatic carbocycles. The van der Waals surface area contributed by atoms with Gasteiger partial charge in [-0.1, -0.05) is 104 Å². The molecule has 1 aromatic rings. The molecule has 0 aliphatic heterocycles. The van der Waals surface area contributed by atoms with Crippen molar-refractivity contribution in [1.82, 2.24) is 0 Å². The summed E-state index contributed by atoms with van der Waals surface area (Å²) in [6.45, 7) is 8.42. The predicted octanol–water partition coefficient (Wildman–Crippen LogP) is 4.69. The zero-order valence-electron chi connectivity index (χ0n) is 28.4. The van der Waals surface area contributed by atoms with Crippen LogP contribution in [0.25, 0.3) is 0 Å². The van der Waals surface area contributed by atoms with E-state index in [2.05, 4.69) is 6.92 Å². The minimum absolute atomic E-state index is 0. The Morgan fingerprint density at radius 2 is 1.02 bits per heavy atom. The van der Waals surface area contributed by atoms with Crippen molar-refractivity contribution < 1.29 is 90.5 Å². The number of aliphatic hydroxyl groups excluding tert-OH is 1. The summed E-state index contributed by atoms with van der Waals surface area (Å²) in [5, 5.41) is 27.4. The molecule has 0 atom stereocenters. The molecule has 257 valence electrons. The Kier molecular flexibility index (Phi) is 47.1. The van der Waals surface area contributed by atoms with E-state index in [1.54, 1.807) is 30.3 Å². The van der Waals surface area contributed by atoms with Crippen LogP contribution in [-0.2, 0) is 76.9 Å². The maximum Gasteiger partial charge on any atom is 4.00 e. The van der Waals surface area contributed by atoms with Crippen LogP contribution in [-0.4, -0.2) is 50.2 Å². The van der Waals surface area contributed by atoms with E-state index in [0.29, 0.717) is 32.3 Å². The first-order valence-electron chi connectivity index (χ1n) is 15.9. The number of benzene rings is 1. The molecule has 13 heteroatoms. The summed E-state index contributed by atoms with van der Waals surface area (Å²) in [7, 11) is -3.57. The van der Waals surface area contributed by atoms with E-state index in [0.717, 1.165) is 19.3 Å². The van der Waals surface area contributed by atoms with Crippen LogP contribution < -0.4 is 10.2 Å². The summed E-state index contributed by atoms with van der Waals surface area (Å²) in [6.07, 6.45) is 14.3. The first-order chi connectivity index (χ1) is 20.9. The zero-order chi connectivity index (χ0) is 34.1. The number of Topliss-reactive ketones (excluding diaryl/α,β-unsaturated/α-hetero) is 2. The number of carboxylic acid groups (broad SMARTS) is 2. The van der Waals surface area contributed by atoms with E-state index in [4.69, 9.17) is 9.29 Å². The number of ketones is 2. The van der Waals surface area contributed by atoms with E-state index in [9.17, 15) is 37.8 Å². The summed E-state index contributed by atoms with van der Waals surface area (Å²) >= 11 is 0. The summed E-state index contributed by atoms with van der Waals surface area (Å²) in [5.74, 6) is -3.07. The number of aliphatic hydroxyl groups is 1. The summed E-state index contributed by atoms with van der Waals surface area (Å²) < 4.78 is 28.8. The Labute approximate surface area is 307 Å². The Bertz CT molecular complexity index is 926. The monoisotopic (exact) mass is 740 g/mol. The van der Waals surface area contributed by atoms with Gasteiger partial charge in [-0.2, -0.15) is 8.42 Å². The summed E-state index contributed by atoms with van der Waals surface area (Å²) in [4.78, 5) is 40.6. The molecule has 1 N–H and O–H groups in total. The quantitative estimate of drug-likeness (QED) is 0.0760. The minimum Gasteiger partial charge on any atom is -0.550 e. The van der Waals surface area contributed by atoms with Gasteiger partial charge in [0.1, 0.15) is 11.6 Å². The molecular weight excluding hydrogens is 684 g/mol. The molecule has 10 nitrogen and oxygen atoms in total. The van der Waals surface area contributed by atoms with Gasteiger partial charge in [0.05, 0.1) is 11.5 Å². The van der Waals surface area contributed by atoms with Crippen LogP contribution in [0.5, 0.6) is 0 Å². The third-order valence-corrected chi connectivity index (χ3v) is 7.06. The number of hydrogen-bond donors (Lipinski definition) is 1. The number of carboxylic acids is 2. The van der Waals surface area contributed by atoms with Crippen LogP contribution in [0, 0.1) is 0 Å². The summed E-state index contributed by atoms with van der Waals surface area (Å²) in [5.41, 5.74) is 0. The first-order valence-corrected chi connectivity index (χ1v) is 17.3. The maximum atomic E-state index is 11.9. The van der Waals surface area contributed by atoms with E-state index < -0.39 is 34.9 Å². The van der Waals surface area contributed by atoms with E-state index in [1.807, 2.05) is 20.8 Å². The standard InChI is InChI=1S/C18H30O3S.2C6H10O3.C3H8O.2Ti/c1-2-3-4-5-6-7-8-9-10-14-17-21-22(19,20)18-15-12-11-13-16-18;2*1-2-3-5(7)4-6(8)9;1-2-3-4;;/h11-13,15-16H,2-10,14,17H2,1H3;2*2-4H2,1H3,(H,8,9);4H,2-3H2,1H3;;/q;;;;+3;+4/p-2. The molecule has 0 aromatic heterocycles. The fraction of sp³-hybridized carbons (Fsp3) is 0.697. The van der Waals surface area contributed by atoms with Crippen LogP contribution in [0.4, 0.5) is 0 Å². The molecule has 0 unspecified atom stereocenters. The molecule has 0 aliphatic rings. The fourth-order valence-electron chi connectivity index (χ4n) is 3.47. The van der Waals surface area contributed by atoms with Crippen molar-refractivity contribution in [3.63, 3.8) is 0 Å². The number of aliphatic carboxylic acids is 2. The summed E-state index contributed by atoms with van der Waals surface area (Å²) in [6, 6.07) is 8.33. The maximum absolute atomic E-state index is 11.9. The second-order valence-electron chi connectivity index (χ2n) is 10.2. The van der Waals surface area contributed by atoms with Gasteiger partial charge < -0.3 is 24.9 Å². The largest absolute Gasteiger partial charge is 4.00 e. The Morgan fingerprint density at radius 1 is 0.652 bits per heavy atom. The third-order valence-electron chi connectivity index (χ3n) is 5.73. The first kappa shape index (κ1) is 54.3. The molecule has 1 rings (SSSR count). The smallest absolute Gasteiger partial charge is 0.550 e. The molecular formula is C33H56O10STi2+5. The van der Waals surface area contributed by atoms with Gasteiger partial charge in [-0.25, -0.2) is 0 Å². The third kappa shape index (κ3) is 42.8. The minimum atomic E-state index is -3.57. The van der Waals surface area contributed by atoms with Gasteiger partial charge in [0.2, 0.25) is 0 Å². The van der Waals surface area contributed by atoms with Crippen molar-refractivity contribution in [1.29, 1.82) is 0 Å². The van der Waals surface area contributed by atoms with Crippen molar-refractivity contribution in [2.75, 3.05) is 13.2 Å². The number of carbonyl (C=O) groups excluding carboxylic acids is 4. The molecule has 46 heavy (non-hydrogen) atoms. The van der Waals surface area contributed by atoms with Gasteiger partial charge in [0, 0.05) is 44.2 Å². The molecule has 0 amide bonds. The SMILES string of the molecule is CCCC(=O)CC(=O)[O-].CCCC(=O)CC(=O)[O-].CCCCCCCCCCCCOS(=O)(=O)c1ccccc1.CCCO.[Ti+3].[Ti+4]. The Hall–Kier alpha value is -1.20. The van der Waals surface area contributed by atoms with Crippen molar-refractivity contribution in [3.8, 4) is 0 Å². The molecule has 0 fully saturated rings.